The predicted octanol–water partition coefficient (Wildman–Crippen LogP) is 4.94. The SMILES string of the molecule is CNCC(OC1CC(C)CC(C)(C)C1)c1cccc(Br)c1. The van der Waals surface area contributed by atoms with Crippen LogP contribution in [0.2, 0.25) is 0 Å². The topological polar surface area (TPSA) is 21.3 Å². The summed E-state index contributed by atoms with van der Waals surface area (Å²) in [4.78, 5) is 0. The average Bonchev–Trinajstić information content (AvgIpc) is 2.35. The van der Waals surface area contributed by atoms with Gasteiger partial charge in [0.05, 0.1) is 12.2 Å². The first kappa shape index (κ1) is 17.0. The van der Waals surface area contributed by atoms with Crippen molar-refractivity contribution in [2.24, 2.45) is 11.3 Å². The summed E-state index contributed by atoms with van der Waals surface area (Å²) in [6, 6.07) is 8.47. The van der Waals surface area contributed by atoms with Crippen molar-refractivity contribution in [3.8, 4) is 0 Å². The second-order valence-corrected chi connectivity index (χ2v) is 8.19. The fourth-order valence-electron chi connectivity index (χ4n) is 3.73. The number of hydrogen-bond donors (Lipinski definition) is 1. The molecule has 1 fully saturated rings. The second kappa shape index (κ2) is 7.26. The molecule has 21 heavy (non-hydrogen) atoms. The van der Waals surface area contributed by atoms with Gasteiger partial charge in [-0.05, 0) is 55.3 Å². The molecule has 0 aromatic heterocycles. The lowest BCUT2D eigenvalue weighted by Gasteiger charge is -2.40. The zero-order chi connectivity index (χ0) is 15.5. The highest BCUT2D eigenvalue weighted by molar-refractivity contribution is 9.10. The fourth-order valence-corrected chi connectivity index (χ4v) is 4.15. The molecule has 0 saturated heterocycles. The van der Waals surface area contributed by atoms with Crippen molar-refractivity contribution in [1.82, 2.24) is 5.32 Å². The van der Waals surface area contributed by atoms with E-state index in [1.165, 1.54) is 18.4 Å². The lowest BCUT2D eigenvalue weighted by atomic mass is 9.71. The van der Waals surface area contributed by atoms with Gasteiger partial charge >= 0.3 is 0 Å². The molecule has 3 atom stereocenters. The molecule has 0 heterocycles. The Morgan fingerprint density at radius 1 is 1.38 bits per heavy atom. The molecule has 118 valence electrons. The van der Waals surface area contributed by atoms with E-state index in [-0.39, 0.29) is 6.10 Å². The van der Waals surface area contributed by atoms with E-state index in [0.717, 1.165) is 23.4 Å². The summed E-state index contributed by atoms with van der Waals surface area (Å²) < 4.78 is 7.61. The molecule has 0 bridgehead atoms. The van der Waals surface area contributed by atoms with E-state index in [1.54, 1.807) is 0 Å². The van der Waals surface area contributed by atoms with Gasteiger partial charge < -0.3 is 10.1 Å². The van der Waals surface area contributed by atoms with Crippen molar-refractivity contribution < 1.29 is 4.74 Å². The number of hydrogen-bond acceptors (Lipinski definition) is 2. The van der Waals surface area contributed by atoms with Crippen LogP contribution in [0.1, 0.15) is 51.7 Å². The van der Waals surface area contributed by atoms with Crippen molar-refractivity contribution in [3.63, 3.8) is 0 Å². The maximum Gasteiger partial charge on any atom is 0.0953 e. The summed E-state index contributed by atoms with van der Waals surface area (Å²) in [6.07, 6.45) is 4.13. The maximum atomic E-state index is 6.50. The predicted molar refractivity (Wildman–Crippen MR) is 92.5 cm³/mol. The van der Waals surface area contributed by atoms with Crippen LogP contribution in [0.3, 0.4) is 0 Å². The van der Waals surface area contributed by atoms with Gasteiger partial charge in [-0.15, -0.1) is 0 Å². The van der Waals surface area contributed by atoms with E-state index in [1.807, 2.05) is 7.05 Å². The van der Waals surface area contributed by atoms with Crippen LogP contribution in [0.5, 0.6) is 0 Å². The molecule has 0 spiro atoms. The summed E-state index contributed by atoms with van der Waals surface area (Å²) in [6.45, 7) is 7.93. The Hall–Kier alpha value is -0.380. The van der Waals surface area contributed by atoms with Gasteiger partial charge in [-0.1, -0.05) is 48.8 Å². The van der Waals surface area contributed by atoms with Crippen LogP contribution in [-0.4, -0.2) is 19.7 Å². The summed E-state index contributed by atoms with van der Waals surface area (Å²) in [5.74, 6) is 0.747. The molecule has 1 aliphatic carbocycles. The number of benzene rings is 1. The molecule has 2 rings (SSSR count). The lowest BCUT2D eigenvalue weighted by Crippen LogP contribution is -2.35. The van der Waals surface area contributed by atoms with Gasteiger partial charge in [0.2, 0.25) is 0 Å². The first-order valence-electron chi connectivity index (χ1n) is 7.95. The Balaban J connectivity index is 2.09. The number of halogens is 1. The molecular weight excluding hydrogens is 326 g/mol. The summed E-state index contributed by atoms with van der Waals surface area (Å²) in [5.41, 5.74) is 1.64. The summed E-state index contributed by atoms with van der Waals surface area (Å²) >= 11 is 3.56. The van der Waals surface area contributed by atoms with Crippen LogP contribution < -0.4 is 5.32 Å². The van der Waals surface area contributed by atoms with Crippen molar-refractivity contribution >= 4 is 15.9 Å². The van der Waals surface area contributed by atoms with E-state index < -0.39 is 0 Å². The zero-order valence-corrected chi connectivity index (χ0v) is 15.2. The minimum atomic E-state index is 0.124. The quantitative estimate of drug-likeness (QED) is 0.809. The second-order valence-electron chi connectivity index (χ2n) is 7.27. The lowest BCUT2D eigenvalue weighted by molar-refractivity contribution is -0.0656. The molecule has 0 radical (unpaired) electrons. The van der Waals surface area contributed by atoms with Crippen LogP contribution in [-0.2, 0) is 4.74 Å². The summed E-state index contributed by atoms with van der Waals surface area (Å²) in [5, 5.41) is 3.27. The highest BCUT2D eigenvalue weighted by atomic mass is 79.9. The van der Waals surface area contributed by atoms with Crippen LogP contribution in [0.25, 0.3) is 0 Å². The smallest absolute Gasteiger partial charge is 0.0953 e. The van der Waals surface area contributed by atoms with Gasteiger partial charge in [0, 0.05) is 11.0 Å². The first-order valence-corrected chi connectivity index (χ1v) is 8.74. The minimum absolute atomic E-state index is 0.124. The number of nitrogens with one attached hydrogen (secondary N) is 1. The van der Waals surface area contributed by atoms with E-state index in [9.17, 15) is 0 Å². The van der Waals surface area contributed by atoms with Gasteiger partial charge in [-0.3, -0.25) is 0 Å². The Morgan fingerprint density at radius 2 is 2.14 bits per heavy atom. The Kier molecular flexibility index (Phi) is 5.87. The van der Waals surface area contributed by atoms with Gasteiger partial charge in [-0.25, -0.2) is 0 Å². The van der Waals surface area contributed by atoms with Gasteiger partial charge in [-0.2, -0.15) is 0 Å². The highest BCUT2D eigenvalue weighted by Crippen LogP contribution is 2.41. The first-order chi connectivity index (χ1) is 9.89. The molecule has 2 nitrogen and oxygen atoms in total. The van der Waals surface area contributed by atoms with Crippen LogP contribution in [0.15, 0.2) is 28.7 Å². The molecular formula is C18H28BrNO. The molecule has 1 aromatic carbocycles. The van der Waals surface area contributed by atoms with Crippen molar-refractivity contribution in [1.29, 1.82) is 0 Å². The molecule has 1 aromatic rings. The molecule has 0 amide bonds. The molecule has 1 saturated carbocycles. The van der Waals surface area contributed by atoms with Gasteiger partial charge in [0.1, 0.15) is 0 Å². The maximum absolute atomic E-state index is 6.50. The fraction of sp³-hybridized carbons (Fsp3) is 0.667. The van der Waals surface area contributed by atoms with E-state index in [4.69, 9.17) is 4.74 Å². The zero-order valence-electron chi connectivity index (χ0n) is 13.7. The van der Waals surface area contributed by atoms with Crippen LogP contribution in [0.4, 0.5) is 0 Å². The third-order valence-corrected chi connectivity index (χ3v) is 4.81. The average molecular weight is 354 g/mol. The number of ether oxygens (including phenoxy) is 1. The van der Waals surface area contributed by atoms with Gasteiger partial charge in [0.25, 0.3) is 0 Å². The Morgan fingerprint density at radius 3 is 2.76 bits per heavy atom. The van der Waals surface area contributed by atoms with Crippen molar-refractivity contribution in [2.75, 3.05) is 13.6 Å². The minimum Gasteiger partial charge on any atom is -0.369 e. The van der Waals surface area contributed by atoms with E-state index >= 15 is 0 Å². The van der Waals surface area contributed by atoms with E-state index in [2.05, 4.69) is 66.3 Å². The third-order valence-electron chi connectivity index (χ3n) is 4.31. The van der Waals surface area contributed by atoms with Gasteiger partial charge in [0.15, 0.2) is 0 Å². The van der Waals surface area contributed by atoms with Crippen LogP contribution >= 0.6 is 15.9 Å². The number of rotatable bonds is 5. The van der Waals surface area contributed by atoms with Crippen LogP contribution in [0, 0.1) is 11.3 Å². The molecule has 1 aliphatic rings. The standard InChI is InChI=1S/C18H28BrNO/c1-13-8-16(11-18(2,3)10-13)21-17(12-20-4)14-6-5-7-15(19)9-14/h5-7,9,13,16-17,20H,8,10-12H2,1-4H3. The monoisotopic (exact) mass is 353 g/mol. The normalized spacial score (nSPS) is 26.5. The number of likely N-dealkylation sites (N-methyl/N-ethyl adjacent to an activating group) is 1. The molecule has 3 unspecified atom stereocenters. The molecule has 0 aliphatic heterocycles. The molecule has 3 heteroatoms. The highest BCUT2D eigenvalue weighted by Gasteiger charge is 2.33. The largest absolute Gasteiger partial charge is 0.369 e. The third kappa shape index (κ3) is 5.08. The Bertz CT molecular complexity index is 460. The van der Waals surface area contributed by atoms with Crippen molar-refractivity contribution in [2.45, 2.75) is 52.2 Å². The van der Waals surface area contributed by atoms with Crippen molar-refractivity contribution in [3.05, 3.63) is 34.3 Å². The molecule has 1 N–H and O–H groups in total. The summed E-state index contributed by atoms with van der Waals surface area (Å²) in [7, 11) is 1.99. The Labute approximate surface area is 137 Å². The van der Waals surface area contributed by atoms with E-state index in [0.29, 0.717) is 11.5 Å².